The van der Waals surface area contributed by atoms with Gasteiger partial charge in [-0.15, -0.1) is 0 Å². The number of aliphatic hydroxyl groups is 1. The molecular weight excluding hydrogens is 206 g/mol. The van der Waals surface area contributed by atoms with Crippen molar-refractivity contribution in [1.29, 1.82) is 0 Å². The van der Waals surface area contributed by atoms with Crippen molar-refractivity contribution in [3.8, 4) is 0 Å². The van der Waals surface area contributed by atoms with Crippen LogP contribution in [0.5, 0.6) is 0 Å². The van der Waals surface area contributed by atoms with E-state index in [2.05, 4.69) is 19.9 Å². The van der Waals surface area contributed by atoms with E-state index in [1.165, 1.54) is 0 Å². The van der Waals surface area contributed by atoms with E-state index in [-0.39, 0.29) is 6.61 Å². The fourth-order valence-corrected chi connectivity index (χ4v) is 1.98. The molecule has 0 bridgehead atoms. The molecule has 90 valence electrons. The van der Waals surface area contributed by atoms with E-state index in [1.54, 1.807) is 6.33 Å². The minimum absolute atomic E-state index is 0.253. The first-order valence-electron chi connectivity index (χ1n) is 5.68. The van der Waals surface area contributed by atoms with Gasteiger partial charge in [-0.05, 0) is 0 Å². The topological polar surface area (TPSA) is 57.4 Å². The predicted molar refractivity (Wildman–Crippen MR) is 59.8 cm³/mol. The molecule has 0 unspecified atom stereocenters. The largest absolute Gasteiger partial charge is 0.395 e. The lowest BCUT2D eigenvalue weighted by Gasteiger charge is -2.33. The Kier molecular flexibility index (Phi) is 3.87. The maximum absolute atomic E-state index is 8.85. The molecule has 0 amide bonds. The van der Waals surface area contributed by atoms with Crippen LogP contribution >= 0.6 is 0 Å². The van der Waals surface area contributed by atoms with Gasteiger partial charge in [-0.1, -0.05) is 0 Å². The first kappa shape index (κ1) is 11.5. The van der Waals surface area contributed by atoms with Gasteiger partial charge in [-0.2, -0.15) is 5.10 Å². The maximum Gasteiger partial charge on any atom is 0.140 e. The number of nitrogens with zero attached hydrogens (tertiary/aromatic N) is 5. The van der Waals surface area contributed by atoms with Crippen molar-refractivity contribution >= 4 is 0 Å². The smallest absolute Gasteiger partial charge is 0.140 e. The number of aryl methyl sites for hydroxylation is 1. The number of aliphatic hydroxyl groups excluding tert-OH is 1. The zero-order valence-electron chi connectivity index (χ0n) is 9.71. The van der Waals surface area contributed by atoms with E-state index in [1.807, 2.05) is 11.7 Å². The molecule has 1 aliphatic rings. The molecule has 0 saturated carbocycles. The summed E-state index contributed by atoms with van der Waals surface area (Å²) in [5.74, 6) is 1.01. The first-order valence-corrected chi connectivity index (χ1v) is 5.68. The zero-order chi connectivity index (χ0) is 11.4. The summed E-state index contributed by atoms with van der Waals surface area (Å²) < 4.78 is 1.82. The van der Waals surface area contributed by atoms with Gasteiger partial charge in [0, 0.05) is 39.8 Å². The molecule has 1 aromatic heterocycles. The normalized spacial score (nSPS) is 19.1. The van der Waals surface area contributed by atoms with Gasteiger partial charge >= 0.3 is 0 Å². The number of rotatable bonds is 4. The Morgan fingerprint density at radius 1 is 1.25 bits per heavy atom. The molecule has 16 heavy (non-hydrogen) atoms. The molecular formula is C10H19N5O. The average Bonchev–Trinajstić information content (AvgIpc) is 2.68. The lowest BCUT2D eigenvalue weighted by molar-refractivity contribution is 0.106. The van der Waals surface area contributed by atoms with Gasteiger partial charge in [0.15, 0.2) is 0 Å². The number of aromatic nitrogens is 3. The van der Waals surface area contributed by atoms with Crippen molar-refractivity contribution in [2.24, 2.45) is 7.05 Å². The highest BCUT2D eigenvalue weighted by molar-refractivity contribution is 4.85. The molecule has 0 atom stereocenters. The maximum atomic E-state index is 8.85. The summed E-state index contributed by atoms with van der Waals surface area (Å²) in [6.45, 7) is 6.03. The number of hydrogen-bond donors (Lipinski definition) is 1. The third-order valence-electron chi connectivity index (χ3n) is 3.05. The highest BCUT2D eigenvalue weighted by Crippen LogP contribution is 2.05. The second kappa shape index (κ2) is 5.38. The summed E-state index contributed by atoms with van der Waals surface area (Å²) in [6, 6.07) is 0. The number of piperazine rings is 1. The Hall–Kier alpha value is -0.980. The summed E-state index contributed by atoms with van der Waals surface area (Å²) >= 11 is 0. The Bertz CT molecular complexity index is 319. The monoisotopic (exact) mass is 225 g/mol. The van der Waals surface area contributed by atoms with Gasteiger partial charge in [0.25, 0.3) is 0 Å². The van der Waals surface area contributed by atoms with E-state index in [0.717, 1.165) is 45.1 Å². The third kappa shape index (κ3) is 2.78. The van der Waals surface area contributed by atoms with Crippen molar-refractivity contribution in [2.45, 2.75) is 6.54 Å². The first-order chi connectivity index (χ1) is 7.79. The second-order valence-electron chi connectivity index (χ2n) is 4.14. The zero-order valence-corrected chi connectivity index (χ0v) is 9.71. The molecule has 0 spiro atoms. The molecule has 6 nitrogen and oxygen atoms in total. The minimum Gasteiger partial charge on any atom is -0.395 e. The number of β-amino-alcohol motifs (C(OH)–C–C–N with tert-alkyl or cyclic N) is 1. The van der Waals surface area contributed by atoms with E-state index in [9.17, 15) is 0 Å². The average molecular weight is 225 g/mol. The minimum atomic E-state index is 0.253. The molecule has 1 N–H and O–H groups in total. The lowest BCUT2D eigenvalue weighted by Crippen LogP contribution is -2.46. The van der Waals surface area contributed by atoms with Gasteiger partial charge < -0.3 is 5.11 Å². The predicted octanol–water partition coefficient (Wildman–Crippen LogP) is -1.07. The van der Waals surface area contributed by atoms with Crippen LogP contribution in [0.4, 0.5) is 0 Å². The standard InChI is InChI=1S/C10H19N5O/c1-13-10(11-9-12-13)8-15-4-2-14(3-5-15)6-7-16/h9,16H,2-8H2,1H3. The summed E-state index contributed by atoms with van der Waals surface area (Å²) in [5, 5.41) is 12.9. The van der Waals surface area contributed by atoms with Crippen LogP contribution in [0, 0.1) is 0 Å². The van der Waals surface area contributed by atoms with Crippen LogP contribution < -0.4 is 0 Å². The molecule has 1 aliphatic heterocycles. The molecule has 1 aromatic rings. The van der Waals surface area contributed by atoms with Gasteiger partial charge in [0.2, 0.25) is 0 Å². The molecule has 0 radical (unpaired) electrons. The quantitative estimate of drug-likeness (QED) is 0.707. The molecule has 1 saturated heterocycles. The van der Waals surface area contributed by atoms with Crippen molar-refractivity contribution in [2.75, 3.05) is 39.3 Å². The van der Waals surface area contributed by atoms with E-state index in [4.69, 9.17) is 5.11 Å². The third-order valence-corrected chi connectivity index (χ3v) is 3.05. The fraction of sp³-hybridized carbons (Fsp3) is 0.800. The van der Waals surface area contributed by atoms with Crippen LogP contribution in [-0.2, 0) is 13.6 Å². The van der Waals surface area contributed by atoms with Crippen LogP contribution in [0.3, 0.4) is 0 Å². The van der Waals surface area contributed by atoms with Crippen LogP contribution in [0.25, 0.3) is 0 Å². The van der Waals surface area contributed by atoms with Gasteiger partial charge in [0.1, 0.15) is 12.2 Å². The van der Waals surface area contributed by atoms with Crippen molar-refractivity contribution < 1.29 is 5.11 Å². The van der Waals surface area contributed by atoms with E-state index in [0.29, 0.717) is 0 Å². The fourth-order valence-electron chi connectivity index (χ4n) is 1.98. The summed E-state index contributed by atoms with van der Waals surface area (Å²) in [5.41, 5.74) is 0. The summed E-state index contributed by atoms with van der Waals surface area (Å²) in [4.78, 5) is 8.88. The molecule has 2 heterocycles. The lowest BCUT2D eigenvalue weighted by atomic mass is 10.3. The number of hydrogen-bond acceptors (Lipinski definition) is 5. The summed E-state index contributed by atoms with van der Waals surface area (Å²) in [6.07, 6.45) is 1.59. The van der Waals surface area contributed by atoms with Crippen LogP contribution in [-0.4, -0.2) is 69.0 Å². The Morgan fingerprint density at radius 2 is 1.94 bits per heavy atom. The highest BCUT2D eigenvalue weighted by atomic mass is 16.3. The van der Waals surface area contributed by atoms with Gasteiger partial charge in [-0.3, -0.25) is 14.5 Å². The molecule has 0 aliphatic carbocycles. The molecule has 1 fully saturated rings. The van der Waals surface area contributed by atoms with E-state index < -0.39 is 0 Å². The van der Waals surface area contributed by atoms with Crippen molar-refractivity contribution in [3.05, 3.63) is 12.2 Å². The molecule has 0 aromatic carbocycles. The molecule has 6 heteroatoms. The molecule has 2 rings (SSSR count). The van der Waals surface area contributed by atoms with Crippen molar-refractivity contribution in [1.82, 2.24) is 24.6 Å². The van der Waals surface area contributed by atoms with Crippen LogP contribution in [0.15, 0.2) is 6.33 Å². The van der Waals surface area contributed by atoms with E-state index >= 15 is 0 Å². The van der Waals surface area contributed by atoms with Crippen molar-refractivity contribution in [3.63, 3.8) is 0 Å². The Balaban J connectivity index is 1.79. The second-order valence-corrected chi connectivity index (χ2v) is 4.14. The summed E-state index contributed by atoms with van der Waals surface area (Å²) in [7, 11) is 1.92. The Labute approximate surface area is 95.5 Å². The SMILES string of the molecule is Cn1ncnc1CN1CCN(CCO)CC1. The van der Waals surface area contributed by atoms with Crippen LogP contribution in [0.1, 0.15) is 5.82 Å². The van der Waals surface area contributed by atoms with Gasteiger partial charge in [-0.25, -0.2) is 4.98 Å². The van der Waals surface area contributed by atoms with Gasteiger partial charge in [0.05, 0.1) is 13.2 Å². The Morgan fingerprint density at radius 3 is 2.50 bits per heavy atom. The highest BCUT2D eigenvalue weighted by Gasteiger charge is 2.17. The van der Waals surface area contributed by atoms with Crippen LogP contribution in [0.2, 0.25) is 0 Å².